The Bertz CT molecular complexity index is 821. The van der Waals surface area contributed by atoms with Gasteiger partial charge in [0, 0.05) is 25.0 Å². The van der Waals surface area contributed by atoms with E-state index < -0.39 is 15.8 Å². The molecule has 0 saturated heterocycles. The third-order valence-electron chi connectivity index (χ3n) is 3.03. The largest absolute Gasteiger partial charge is 0.286 e. The second-order valence-corrected chi connectivity index (χ2v) is 5.84. The summed E-state index contributed by atoms with van der Waals surface area (Å²) in [7, 11) is -2.40. The summed E-state index contributed by atoms with van der Waals surface area (Å²) in [6.07, 6.45) is 3.02. The monoisotopic (exact) mass is 306 g/mol. The lowest BCUT2D eigenvalue weighted by molar-refractivity contribution is 0.587. The molecule has 3 rings (SSSR count). The highest BCUT2D eigenvalue weighted by Crippen LogP contribution is 2.33. The smallest absolute Gasteiger partial charge is 0.265 e. The minimum Gasteiger partial charge on any atom is -0.265 e. The molecule has 0 spiro atoms. The molecule has 1 aromatic heterocycles. The van der Waals surface area contributed by atoms with Crippen LogP contribution in [0.15, 0.2) is 52.0 Å². The molecule has 0 amide bonds. The van der Waals surface area contributed by atoms with Gasteiger partial charge in [-0.15, -0.1) is 4.40 Å². The van der Waals surface area contributed by atoms with Crippen molar-refractivity contribution in [1.82, 2.24) is 10.4 Å². The number of hydrogen-bond acceptors (Lipinski definition) is 5. The average molecular weight is 306 g/mol. The number of rotatable bonds is 2. The third kappa shape index (κ3) is 2.18. The fraction of sp³-hybridized carbons (Fsp3) is 0.0769. The number of para-hydroxylation sites is 1. The average Bonchev–Trinajstić information content (AvgIpc) is 2.48. The van der Waals surface area contributed by atoms with Crippen molar-refractivity contribution >= 4 is 21.5 Å². The number of nitrogens with one attached hydrogen (secondary N) is 1. The predicted octanol–water partition coefficient (Wildman–Crippen LogP) is 1.31. The van der Waals surface area contributed by atoms with Crippen LogP contribution in [-0.2, 0) is 10.0 Å². The molecule has 8 heteroatoms. The topological polar surface area (TPSA) is 74.7 Å². The maximum absolute atomic E-state index is 14.1. The molecule has 1 N–H and O–H groups in total. The van der Waals surface area contributed by atoms with Gasteiger partial charge in [0.1, 0.15) is 16.4 Å². The molecule has 1 aliphatic heterocycles. The highest BCUT2D eigenvalue weighted by atomic mass is 32.2. The third-order valence-corrected chi connectivity index (χ3v) is 4.33. The number of aromatic nitrogens is 1. The summed E-state index contributed by atoms with van der Waals surface area (Å²) in [6.45, 7) is 0. The Labute approximate surface area is 121 Å². The Hall–Kier alpha value is -2.32. The number of nitrogens with zero attached hydrogens (tertiary/aromatic N) is 3. The Balaban J connectivity index is 2.29. The number of hydrazine groups is 1. The summed E-state index contributed by atoms with van der Waals surface area (Å²) in [5.74, 6) is -0.551. The van der Waals surface area contributed by atoms with Crippen LogP contribution in [0.3, 0.4) is 0 Å². The summed E-state index contributed by atoms with van der Waals surface area (Å²) in [5.41, 5.74) is 3.21. The highest BCUT2D eigenvalue weighted by molar-refractivity contribution is 7.90. The second-order valence-electron chi connectivity index (χ2n) is 4.27. The molecule has 21 heavy (non-hydrogen) atoms. The lowest BCUT2D eigenvalue weighted by Crippen LogP contribution is -2.45. The molecule has 0 atom stereocenters. The Morgan fingerprint density at radius 1 is 1.19 bits per heavy atom. The zero-order valence-corrected chi connectivity index (χ0v) is 11.8. The fourth-order valence-corrected chi connectivity index (χ4v) is 3.33. The van der Waals surface area contributed by atoms with Crippen molar-refractivity contribution < 1.29 is 12.8 Å². The van der Waals surface area contributed by atoms with Crippen LogP contribution in [-0.4, -0.2) is 26.3 Å². The Morgan fingerprint density at radius 2 is 1.90 bits per heavy atom. The number of sulfonamides is 1. The van der Waals surface area contributed by atoms with E-state index in [-0.39, 0.29) is 16.4 Å². The van der Waals surface area contributed by atoms with Gasteiger partial charge in [-0.1, -0.05) is 6.07 Å². The van der Waals surface area contributed by atoms with Crippen LogP contribution in [0.1, 0.15) is 5.56 Å². The van der Waals surface area contributed by atoms with E-state index in [1.54, 1.807) is 19.2 Å². The molecule has 0 radical (unpaired) electrons. The lowest BCUT2D eigenvalue weighted by Gasteiger charge is -2.30. The van der Waals surface area contributed by atoms with Gasteiger partial charge in [-0.25, -0.2) is 9.82 Å². The van der Waals surface area contributed by atoms with E-state index in [1.165, 1.54) is 35.6 Å². The first-order valence-electron chi connectivity index (χ1n) is 6.06. The summed E-state index contributed by atoms with van der Waals surface area (Å²) in [6, 6.07) is 7.07. The van der Waals surface area contributed by atoms with E-state index in [2.05, 4.69) is 14.8 Å². The van der Waals surface area contributed by atoms with E-state index in [4.69, 9.17) is 0 Å². The van der Waals surface area contributed by atoms with Crippen molar-refractivity contribution in [2.75, 3.05) is 12.1 Å². The van der Waals surface area contributed by atoms with Crippen molar-refractivity contribution in [1.29, 1.82) is 0 Å². The van der Waals surface area contributed by atoms with Crippen molar-refractivity contribution in [3.8, 4) is 0 Å². The lowest BCUT2D eigenvalue weighted by atomic mass is 10.2. The summed E-state index contributed by atoms with van der Waals surface area (Å²) >= 11 is 0. The Morgan fingerprint density at radius 3 is 2.57 bits per heavy atom. The van der Waals surface area contributed by atoms with Gasteiger partial charge in [-0.3, -0.25) is 9.99 Å². The standard InChI is InChI=1S/C13H11FN4O2S/c1-15-18-12-10(14)3-2-4-11(12)21(19,20)17-13(18)9-5-7-16-8-6-9/h2-8,15H,1H3. The molecule has 2 aromatic rings. The van der Waals surface area contributed by atoms with E-state index in [0.717, 1.165) is 0 Å². The van der Waals surface area contributed by atoms with Crippen LogP contribution in [0.2, 0.25) is 0 Å². The van der Waals surface area contributed by atoms with Gasteiger partial charge in [-0.2, -0.15) is 8.42 Å². The van der Waals surface area contributed by atoms with Crippen LogP contribution in [0.4, 0.5) is 10.1 Å². The van der Waals surface area contributed by atoms with E-state index in [0.29, 0.717) is 5.56 Å². The summed E-state index contributed by atoms with van der Waals surface area (Å²) in [4.78, 5) is 3.70. The Kier molecular flexibility index (Phi) is 3.19. The first kappa shape index (κ1) is 13.7. The number of halogens is 1. The highest BCUT2D eigenvalue weighted by Gasteiger charge is 2.33. The van der Waals surface area contributed by atoms with Crippen LogP contribution in [0, 0.1) is 5.82 Å². The molecule has 1 aromatic carbocycles. The quantitative estimate of drug-likeness (QED) is 0.905. The van der Waals surface area contributed by atoms with Gasteiger partial charge in [0.05, 0.1) is 0 Å². The molecule has 1 aliphatic rings. The number of anilines is 1. The van der Waals surface area contributed by atoms with Crippen molar-refractivity contribution in [3.05, 3.63) is 54.1 Å². The number of fused-ring (bicyclic) bond motifs is 1. The zero-order valence-electron chi connectivity index (χ0n) is 11.0. The molecule has 0 bridgehead atoms. The van der Waals surface area contributed by atoms with Crippen molar-refractivity contribution in [3.63, 3.8) is 0 Å². The molecule has 0 fully saturated rings. The minimum absolute atomic E-state index is 0.0678. The van der Waals surface area contributed by atoms with Crippen LogP contribution in [0.5, 0.6) is 0 Å². The normalized spacial score (nSPS) is 16.3. The van der Waals surface area contributed by atoms with Gasteiger partial charge in [0.15, 0.2) is 5.84 Å². The number of pyridine rings is 1. The number of hydrogen-bond donors (Lipinski definition) is 1. The second kappa shape index (κ2) is 4.90. The van der Waals surface area contributed by atoms with Crippen LogP contribution in [0.25, 0.3) is 0 Å². The zero-order chi connectivity index (χ0) is 15.0. The van der Waals surface area contributed by atoms with Gasteiger partial charge in [0.25, 0.3) is 10.0 Å². The number of amidine groups is 1. The molecule has 0 unspecified atom stereocenters. The SMILES string of the molecule is CNN1C(c2ccncc2)=NS(=O)(=O)c2cccc(F)c21. The van der Waals surface area contributed by atoms with E-state index in [1.807, 2.05) is 0 Å². The molecule has 6 nitrogen and oxygen atoms in total. The minimum atomic E-state index is -3.96. The molecule has 108 valence electrons. The summed E-state index contributed by atoms with van der Waals surface area (Å²) < 4.78 is 42.4. The molecule has 2 heterocycles. The molecular formula is C13H11FN4O2S. The first-order chi connectivity index (χ1) is 10.0. The fourth-order valence-electron chi connectivity index (χ4n) is 2.13. The van der Waals surface area contributed by atoms with Gasteiger partial charge >= 0.3 is 0 Å². The van der Waals surface area contributed by atoms with E-state index in [9.17, 15) is 12.8 Å². The van der Waals surface area contributed by atoms with Gasteiger partial charge in [0.2, 0.25) is 0 Å². The molecule has 0 saturated carbocycles. The molecular weight excluding hydrogens is 295 g/mol. The van der Waals surface area contributed by atoms with Crippen molar-refractivity contribution in [2.45, 2.75) is 4.90 Å². The molecule has 0 aliphatic carbocycles. The predicted molar refractivity (Wildman–Crippen MR) is 75.9 cm³/mol. The van der Waals surface area contributed by atoms with E-state index >= 15 is 0 Å². The first-order valence-corrected chi connectivity index (χ1v) is 7.50. The van der Waals surface area contributed by atoms with Gasteiger partial charge < -0.3 is 0 Å². The number of benzene rings is 1. The summed E-state index contributed by atoms with van der Waals surface area (Å²) in [5, 5.41) is 1.31. The maximum atomic E-state index is 14.1. The van der Waals surface area contributed by atoms with Crippen molar-refractivity contribution in [2.24, 2.45) is 4.40 Å². The maximum Gasteiger partial charge on any atom is 0.286 e. The van der Waals surface area contributed by atoms with Crippen LogP contribution >= 0.6 is 0 Å². The van der Waals surface area contributed by atoms with Crippen LogP contribution < -0.4 is 10.4 Å². The van der Waals surface area contributed by atoms with Gasteiger partial charge in [-0.05, 0) is 24.3 Å².